The third kappa shape index (κ3) is 4.25. The Bertz CT molecular complexity index is 547. The van der Waals surface area contributed by atoms with E-state index < -0.39 is 6.16 Å². The molecule has 0 spiro atoms. The topological polar surface area (TPSA) is 55.8 Å². The van der Waals surface area contributed by atoms with Gasteiger partial charge in [0.1, 0.15) is 0 Å². The second-order valence-corrected chi connectivity index (χ2v) is 7.29. The van der Waals surface area contributed by atoms with Crippen LogP contribution in [-0.4, -0.2) is 25.2 Å². The molecule has 1 aromatic rings. The number of carbonyl (C=O) groups is 2. The Kier molecular flexibility index (Phi) is 6.04. The van der Waals surface area contributed by atoms with Crippen molar-refractivity contribution in [3.63, 3.8) is 0 Å². The lowest BCUT2D eigenvalue weighted by Gasteiger charge is -2.33. The van der Waals surface area contributed by atoms with E-state index in [1.54, 1.807) is 4.90 Å². The minimum Gasteiger partial charge on any atom is -0.437 e. The highest BCUT2D eigenvalue weighted by Crippen LogP contribution is 2.38. The Balaban J connectivity index is 2.20. The van der Waals surface area contributed by atoms with E-state index in [0.29, 0.717) is 16.7 Å². The number of rotatable bonds is 4. The van der Waals surface area contributed by atoms with Crippen molar-refractivity contribution >= 4 is 29.1 Å². The number of ether oxygens (including phenoxy) is 2. The van der Waals surface area contributed by atoms with Crippen LogP contribution in [0.3, 0.4) is 0 Å². The summed E-state index contributed by atoms with van der Waals surface area (Å²) in [5.41, 5.74) is 0.652. The van der Waals surface area contributed by atoms with Crippen LogP contribution in [0.5, 0.6) is 5.06 Å². The van der Waals surface area contributed by atoms with Gasteiger partial charge in [-0.2, -0.15) is 0 Å². The lowest BCUT2D eigenvalue weighted by atomic mass is 9.82. The van der Waals surface area contributed by atoms with Crippen molar-refractivity contribution in [2.75, 3.05) is 12.0 Å². The van der Waals surface area contributed by atoms with E-state index in [2.05, 4.69) is 11.7 Å². The summed E-state index contributed by atoms with van der Waals surface area (Å²) in [5.74, 6) is 0.880. The monoisotopic (exact) mass is 339 g/mol. The van der Waals surface area contributed by atoms with Gasteiger partial charge >= 0.3 is 6.16 Å². The molecule has 1 aliphatic carbocycles. The molecule has 0 atom stereocenters. The zero-order valence-electron chi connectivity index (χ0n) is 14.2. The number of nitrogens with zero attached hydrogens (tertiary/aromatic N) is 1. The molecule has 0 bridgehead atoms. The molecule has 0 aromatic carbocycles. The smallest absolute Gasteiger partial charge is 0.437 e. The number of anilines is 1. The summed E-state index contributed by atoms with van der Waals surface area (Å²) < 4.78 is 9.73. The van der Waals surface area contributed by atoms with Gasteiger partial charge in [-0.1, -0.05) is 6.92 Å². The van der Waals surface area contributed by atoms with Crippen LogP contribution in [0.15, 0.2) is 11.4 Å². The van der Waals surface area contributed by atoms with Gasteiger partial charge in [0.25, 0.3) is 0 Å². The predicted octanol–water partition coefficient (Wildman–Crippen LogP) is 4.46. The number of hydrogen-bond donors (Lipinski definition) is 0. The Morgan fingerprint density at radius 1 is 1.26 bits per heavy atom. The molecule has 0 N–H and O–H groups in total. The molecule has 5 nitrogen and oxygen atoms in total. The summed E-state index contributed by atoms with van der Waals surface area (Å²) >= 11 is 1.29. The maximum absolute atomic E-state index is 13.0. The third-order valence-electron chi connectivity index (χ3n) is 4.33. The molecule has 1 fully saturated rings. The Morgan fingerprint density at radius 2 is 1.91 bits per heavy atom. The van der Waals surface area contributed by atoms with Crippen LogP contribution >= 0.6 is 11.3 Å². The average Bonchev–Trinajstić information content (AvgIpc) is 2.95. The van der Waals surface area contributed by atoms with Gasteiger partial charge in [-0.25, -0.2) is 4.79 Å². The SMILES string of the molecule is COC(=O)Oc1sccc1N(C(=O)C1CCC(C)CC1)C(C)C. The molecular formula is C17H25NO4S. The second-order valence-electron chi connectivity index (χ2n) is 6.41. The van der Waals surface area contributed by atoms with Crippen LogP contribution in [0.4, 0.5) is 10.5 Å². The van der Waals surface area contributed by atoms with Crippen molar-refractivity contribution in [3.8, 4) is 5.06 Å². The summed E-state index contributed by atoms with van der Waals surface area (Å²) in [7, 11) is 1.27. The maximum atomic E-state index is 13.0. The zero-order chi connectivity index (χ0) is 17.0. The first-order chi connectivity index (χ1) is 10.9. The quantitative estimate of drug-likeness (QED) is 0.760. The highest BCUT2D eigenvalue weighted by molar-refractivity contribution is 7.12. The van der Waals surface area contributed by atoms with Crippen LogP contribution in [0.25, 0.3) is 0 Å². The molecule has 0 saturated heterocycles. The van der Waals surface area contributed by atoms with Gasteiger partial charge in [-0.05, 0) is 56.9 Å². The number of hydrogen-bond acceptors (Lipinski definition) is 5. The van der Waals surface area contributed by atoms with E-state index in [-0.39, 0.29) is 17.9 Å². The first-order valence-electron chi connectivity index (χ1n) is 8.10. The second kappa shape index (κ2) is 7.81. The molecule has 1 aliphatic rings. The van der Waals surface area contributed by atoms with E-state index in [0.717, 1.165) is 25.7 Å². The lowest BCUT2D eigenvalue weighted by molar-refractivity contribution is -0.123. The largest absolute Gasteiger partial charge is 0.514 e. The fourth-order valence-electron chi connectivity index (χ4n) is 3.02. The van der Waals surface area contributed by atoms with E-state index in [1.807, 2.05) is 25.3 Å². The fourth-order valence-corrected chi connectivity index (χ4v) is 3.74. The van der Waals surface area contributed by atoms with Crippen LogP contribution in [-0.2, 0) is 9.53 Å². The molecule has 2 rings (SSSR count). The highest BCUT2D eigenvalue weighted by atomic mass is 32.1. The molecule has 6 heteroatoms. The Morgan fingerprint density at radius 3 is 2.48 bits per heavy atom. The fraction of sp³-hybridized carbons (Fsp3) is 0.647. The molecule has 1 aromatic heterocycles. The van der Waals surface area contributed by atoms with Crippen LogP contribution in [0.2, 0.25) is 0 Å². The van der Waals surface area contributed by atoms with Crippen LogP contribution < -0.4 is 9.64 Å². The number of amides is 1. The standard InChI is InChI=1S/C17H25NO4S/c1-11(2)18(15(19)13-7-5-12(3)6-8-13)14-9-10-23-16(14)22-17(20)21-4/h9-13H,5-8H2,1-4H3. The van der Waals surface area contributed by atoms with Gasteiger partial charge in [0.05, 0.1) is 12.8 Å². The van der Waals surface area contributed by atoms with Gasteiger partial charge in [-0.3, -0.25) is 4.79 Å². The number of methoxy groups -OCH3 is 1. The molecule has 1 amide bonds. The summed E-state index contributed by atoms with van der Waals surface area (Å²) in [6.07, 6.45) is 3.28. The van der Waals surface area contributed by atoms with Crippen LogP contribution in [0.1, 0.15) is 46.5 Å². The molecule has 23 heavy (non-hydrogen) atoms. The summed E-state index contributed by atoms with van der Waals surface area (Å²) in [5, 5.41) is 2.22. The molecule has 128 valence electrons. The van der Waals surface area contributed by atoms with Crippen molar-refractivity contribution in [1.82, 2.24) is 0 Å². The van der Waals surface area contributed by atoms with Gasteiger partial charge in [0.15, 0.2) is 0 Å². The van der Waals surface area contributed by atoms with Crippen LogP contribution in [0, 0.1) is 11.8 Å². The van der Waals surface area contributed by atoms with Crippen molar-refractivity contribution in [3.05, 3.63) is 11.4 Å². The summed E-state index contributed by atoms with van der Waals surface area (Å²) in [6, 6.07) is 1.82. The van der Waals surface area contributed by atoms with Crippen molar-refractivity contribution in [2.45, 2.75) is 52.5 Å². The first-order valence-corrected chi connectivity index (χ1v) is 8.98. The van der Waals surface area contributed by atoms with Gasteiger partial charge < -0.3 is 14.4 Å². The van der Waals surface area contributed by atoms with Gasteiger partial charge in [0.2, 0.25) is 11.0 Å². The van der Waals surface area contributed by atoms with Crippen molar-refractivity contribution < 1.29 is 19.1 Å². The number of thiophene rings is 1. The van der Waals surface area contributed by atoms with Gasteiger partial charge in [-0.15, -0.1) is 11.3 Å². The third-order valence-corrected chi connectivity index (χ3v) is 5.11. The Labute approximate surface area is 141 Å². The summed E-state index contributed by atoms with van der Waals surface area (Å²) in [4.78, 5) is 26.2. The molecule has 1 saturated carbocycles. The van der Waals surface area contributed by atoms with E-state index in [4.69, 9.17) is 4.74 Å². The predicted molar refractivity (Wildman–Crippen MR) is 91.1 cm³/mol. The molecular weight excluding hydrogens is 314 g/mol. The van der Waals surface area contributed by atoms with Crippen molar-refractivity contribution in [2.24, 2.45) is 11.8 Å². The van der Waals surface area contributed by atoms with E-state index >= 15 is 0 Å². The minimum atomic E-state index is -0.767. The number of carbonyl (C=O) groups excluding carboxylic acids is 2. The van der Waals surface area contributed by atoms with Crippen molar-refractivity contribution in [1.29, 1.82) is 0 Å². The maximum Gasteiger partial charge on any atom is 0.514 e. The Hall–Kier alpha value is -1.56. The molecule has 1 heterocycles. The van der Waals surface area contributed by atoms with E-state index in [1.165, 1.54) is 18.4 Å². The summed E-state index contributed by atoms with van der Waals surface area (Å²) in [6.45, 7) is 6.19. The highest BCUT2D eigenvalue weighted by Gasteiger charge is 2.32. The van der Waals surface area contributed by atoms with E-state index in [9.17, 15) is 9.59 Å². The minimum absolute atomic E-state index is 0.00329. The van der Waals surface area contributed by atoms with Gasteiger partial charge in [0, 0.05) is 12.0 Å². The first kappa shape index (κ1) is 17.8. The lowest BCUT2D eigenvalue weighted by Crippen LogP contribution is -2.42. The molecule has 0 aliphatic heterocycles. The normalized spacial score (nSPS) is 21.1. The average molecular weight is 339 g/mol. The molecule has 0 unspecified atom stereocenters. The zero-order valence-corrected chi connectivity index (χ0v) is 15.0. The molecule has 0 radical (unpaired) electrons.